The molecule has 0 bridgehead atoms. The van der Waals surface area contributed by atoms with Crippen molar-refractivity contribution in [2.24, 2.45) is 0 Å². The number of hydrogen-bond acceptors (Lipinski definition) is 4. The second kappa shape index (κ2) is 7.84. The van der Waals surface area contributed by atoms with Crippen molar-refractivity contribution in [1.29, 1.82) is 0 Å². The Hall–Kier alpha value is -2.01. The highest BCUT2D eigenvalue weighted by Crippen LogP contribution is 2.23. The van der Waals surface area contributed by atoms with E-state index in [1.807, 2.05) is 23.1 Å². The summed E-state index contributed by atoms with van der Waals surface area (Å²) < 4.78 is 10.5. The zero-order valence-electron chi connectivity index (χ0n) is 13.5. The summed E-state index contributed by atoms with van der Waals surface area (Å²) in [7, 11) is 3.22. The number of rotatable bonds is 5. The van der Waals surface area contributed by atoms with E-state index in [1.54, 1.807) is 26.4 Å². The molecule has 2 rings (SSSR count). The fourth-order valence-corrected chi connectivity index (χ4v) is 2.48. The van der Waals surface area contributed by atoms with Crippen LogP contribution in [0.3, 0.4) is 0 Å². The van der Waals surface area contributed by atoms with Crippen LogP contribution < -0.4 is 9.47 Å². The first kappa shape index (κ1) is 16.4. The Balaban J connectivity index is 2.00. The number of piperazine rings is 1. The van der Waals surface area contributed by atoms with Crippen LogP contribution in [0, 0.1) is 0 Å². The number of ether oxygens (including phenoxy) is 2. The van der Waals surface area contributed by atoms with Gasteiger partial charge >= 0.3 is 0 Å². The van der Waals surface area contributed by atoms with Crippen molar-refractivity contribution in [2.75, 3.05) is 46.9 Å². The quantitative estimate of drug-likeness (QED) is 0.779. The van der Waals surface area contributed by atoms with Crippen molar-refractivity contribution in [2.45, 2.75) is 6.92 Å². The Morgan fingerprint density at radius 3 is 2.18 bits per heavy atom. The molecule has 120 valence electrons. The van der Waals surface area contributed by atoms with Crippen LogP contribution >= 0.6 is 0 Å². The summed E-state index contributed by atoms with van der Waals surface area (Å²) in [5.74, 6) is 1.48. The van der Waals surface area contributed by atoms with E-state index in [4.69, 9.17) is 9.47 Å². The molecule has 1 amide bonds. The largest absolute Gasteiger partial charge is 0.497 e. The van der Waals surface area contributed by atoms with E-state index in [9.17, 15) is 4.79 Å². The minimum absolute atomic E-state index is 0.0533. The van der Waals surface area contributed by atoms with E-state index in [-0.39, 0.29) is 5.91 Å². The van der Waals surface area contributed by atoms with Crippen molar-refractivity contribution in [3.8, 4) is 11.5 Å². The van der Waals surface area contributed by atoms with E-state index >= 15 is 0 Å². The first-order chi connectivity index (χ1) is 10.7. The van der Waals surface area contributed by atoms with E-state index in [1.165, 1.54) is 0 Å². The summed E-state index contributed by atoms with van der Waals surface area (Å²) in [5.41, 5.74) is 0.886. The summed E-state index contributed by atoms with van der Waals surface area (Å²) in [4.78, 5) is 16.5. The zero-order valence-corrected chi connectivity index (χ0v) is 13.5. The van der Waals surface area contributed by atoms with Crippen LogP contribution in [-0.4, -0.2) is 62.7 Å². The molecule has 1 aliphatic heterocycles. The third-order valence-corrected chi connectivity index (χ3v) is 3.92. The van der Waals surface area contributed by atoms with Crippen molar-refractivity contribution in [1.82, 2.24) is 9.80 Å². The van der Waals surface area contributed by atoms with Gasteiger partial charge in [0.1, 0.15) is 11.5 Å². The Labute approximate surface area is 132 Å². The maximum atomic E-state index is 12.2. The van der Waals surface area contributed by atoms with Crippen molar-refractivity contribution < 1.29 is 14.3 Å². The number of hydrogen-bond donors (Lipinski definition) is 0. The molecular formula is C17H24N2O3. The lowest BCUT2D eigenvalue weighted by Gasteiger charge is -2.33. The molecule has 0 aliphatic carbocycles. The highest BCUT2D eigenvalue weighted by molar-refractivity contribution is 5.92. The molecule has 1 aromatic carbocycles. The van der Waals surface area contributed by atoms with Gasteiger partial charge in [-0.05, 0) is 30.3 Å². The first-order valence-electron chi connectivity index (χ1n) is 7.58. The first-order valence-corrected chi connectivity index (χ1v) is 7.58. The molecule has 0 aromatic heterocycles. The van der Waals surface area contributed by atoms with Gasteiger partial charge in [-0.3, -0.25) is 4.79 Å². The molecule has 1 aromatic rings. The second-order valence-electron chi connectivity index (χ2n) is 5.24. The molecule has 0 N–H and O–H groups in total. The van der Waals surface area contributed by atoms with Crippen LogP contribution in [0.1, 0.15) is 12.5 Å². The Morgan fingerprint density at radius 2 is 1.68 bits per heavy atom. The van der Waals surface area contributed by atoms with Gasteiger partial charge in [0.2, 0.25) is 5.91 Å². The molecule has 1 aliphatic rings. The minimum Gasteiger partial charge on any atom is -0.497 e. The molecule has 5 nitrogen and oxygen atoms in total. The van der Waals surface area contributed by atoms with Gasteiger partial charge in [-0.15, -0.1) is 0 Å². The average Bonchev–Trinajstić information content (AvgIpc) is 2.59. The fraction of sp³-hybridized carbons (Fsp3) is 0.471. The standard InChI is InChI=1S/C17H24N2O3/c1-4-18-7-9-19(10-8-18)17(20)6-5-14-11-15(21-2)13-16(12-14)22-3/h5-6,11-13H,4,7-10H2,1-3H3/b6-5+. The molecule has 22 heavy (non-hydrogen) atoms. The average molecular weight is 304 g/mol. The molecule has 0 radical (unpaired) electrons. The number of carbonyl (C=O) groups excluding carboxylic acids is 1. The molecule has 0 unspecified atom stereocenters. The number of nitrogens with zero attached hydrogens (tertiary/aromatic N) is 2. The molecule has 0 atom stereocenters. The van der Waals surface area contributed by atoms with Gasteiger partial charge in [0.25, 0.3) is 0 Å². The van der Waals surface area contributed by atoms with Crippen molar-refractivity contribution in [3.05, 3.63) is 29.8 Å². The number of carbonyl (C=O) groups is 1. The zero-order chi connectivity index (χ0) is 15.9. The second-order valence-corrected chi connectivity index (χ2v) is 5.24. The predicted octanol–water partition coefficient (Wildman–Crippen LogP) is 1.88. The smallest absolute Gasteiger partial charge is 0.246 e. The fourth-order valence-electron chi connectivity index (χ4n) is 2.48. The molecule has 1 saturated heterocycles. The van der Waals surface area contributed by atoms with Crippen molar-refractivity contribution in [3.63, 3.8) is 0 Å². The topological polar surface area (TPSA) is 42.0 Å². The van der Waals surface area contributed by atoms with Crippen LogP contribution in [-0.2, 0) is 4.79 Å². The Bertz CT molecular complexity index is 512. The highest BCUT2D eigenvalue weighted by Gasteiger charge is 2.18. The summed E-state index contributed by atoms with van der Waals surface area (Å²) in [6.07, 6.45) is 3.43. The van der Waals surface area contributed by atoms with Gasteiger partial charge in [-0.1, -0.05) is 6.92 Å². The highest BCUT2D eigenvalue weighted by atomic mass is 16.5. The van der Waals surface area contributed by atoms with Crippen LogP contribution in [0.5, 0.6) is 11.5 Å². The minimum atomic E-state index is 0.0533. The van der Waals surface area contributed by atoms with Gasteiger partial charge < -0.3 is 19.3 Å². The van der Waals surface area contributed by atoms with E-state index in [0.717, 1.165) is 38.3 Å². The lowest BCUT2D eigenvalue weighted by atomic mass is 10.2. The summed E-state index contributed by atoms with van der Waals surface area (Å²) in [6, 6.07) is 5.56. The van der Waals surface area contributed by atoms with Crippen LogP contribution in [0.25, 0.3) is 6.08 Å². The molecule has 5 heteroatoms. The summed E-state index contributed by atoms with van der Waals surface area (Å²) in [5, 5.41) is 0. The van der Waals surface area contributed by atoms with Crippen LogP contribution in [0.4, 0.5) is 0 Å². The molecule has 1 heterocycles. The maximum Gasteiger partial charge on any atom is 0.246 e. The lowest BCUT2D eigenvalue weighted by Crippen LogP contribution is -2.48. The normalized spacial score (nSPS) is 16.0. The predicted molar refractivity (Wildman–Crippen MR) is 87.3 cm³/mol. The monoisotopic (exact) mass is 304 g/mol. The molecule has 0 spiro atoms. The van der Waals surface area contributed by atoms with Gasteiger partial charge in [0.05, 0.1) is 14.2 Å². The van der Waals surface area contributed by atoms with Gasteiger partial charge in [0, 0.05) is 38.3 Å². The number of benzene rings is 1. The van der Waals surface area contributed by atoms with Crippen LogP contribution in [0.2, 0.25) is 0 Å². The molecular weight excluding hydrogens is 280 g/mol. The lowest BCUT2D eigenvalue weighted by molar-refractivity contribution is -0.127. The maximum absolute atomic E-state index is 12.2. The van der Waals surface area contributed by atoms with E-state index in [0.29, 0.717) is 11.5 Å². The molecule has 0 saturated carbocycles. The number of likely N-dealkylation sites (N-methyl/N-ethyl adjacent to an activating group) is 1. The van der Waals surface area contributed by atoms with Gasteiger partial charge in [0.15, 0.2) is 0 Å². The van der Waals surface area contributed by atoms with E-state index in [2.05, 4.69) is 11.8 Å². The van der Waals surface area contributed by atoms with Gasteiger partial charge in [-0.25, -0.2) is 0 Å². The van der Waals surface area contributed by atoms with Crippen LogP contribution in [0.15, 0.2) is 24.3 Å². The summed E-state index contributed by atoms with van der Waals surface area (Å²) >= 11 is 0. The Kier molecular flexibility index (Phi) is 5.83. The molecule has 1 fully saturated rings. The number of amides is 1. The van der Waals surface area contributed by atoms with Crippen molar-refractivity contribution >= 4 is 12.0 Å². The SMILES string of the molecule is CCN1CCN(C(=O)/C=C/c2cc(OC)cc(OC)c2)CC1. The van der Waals surface area contributed by atoms with E-state index < -0.39 is 0 Å². The third-order valence-electron chi connectivity index (χ3n) is 3.92. The summed E-state index contributed by atoms with van der Waals surface area (Å²) in [6.45, 7) is 6.66. The Morgan fingerprint density at radius 1 is 1.09 bits per heavy atom. The van der Waals surface area contributed by atoms with Gasteiger partial charge in [-0.2, -0.15) is 0 Å². The number of methoxy groups -OCH3 is 2. The third kappa shape index (κ3) is 4.24.